The van der Waals surface area contributed by atoms with Crippen molar-refractivity contribution in [3.8, 4) is 0 Å². The van der Waals surface area contributed by atoms with Crippen molar-refractivity contribution in [2.24, 2.45) is 0 Å². The smallest absolute Gasteiger partial charge is 0.335 e. The summed E-state index contributed by atoms with van der Waals surface area (Å²) < 4.78 is 1.84. The second-order valence-corrected chi connectivity index (χ2v) is 4.25. The van der Waals surface area contributed by atoms with Crippen molar-refractivity contribution in [1.29, 1.82) is 0 Å². The molecule has 0 bridgehead atoms. The molecule has 0 spiro atoms. The number of aromatic carboxylic acids is 1. The van der Waals surface area contributed by atoms with Gasteiger partial charge in [-0.05, 0) is 26.2 Å². The molecule has 0 amide bonds. The van der Waals surface area contributed by atoms with E-state index in [0.717, 1.165) is 24.0 Å². The molecule has 17 heavy (non-hydrogen) atoms. The van der Waals surface area contributed by atoms with Crippen LogP contribution in [0.4, 0.5) is 0 Å². The second-order valence-electron chi connectivity index (χ2n) is 4.25. The molecule has 1 aromatic carbocycles. The summed E-state index contributed by atoms with van der Waals surface area (Å²) in [5.41, 5.74) is 1.16. The van der Waals surface area contributed by atoms with Crippen molar-refractivity contribution in [2.75, 3.05) is 20.6 Å². The molecule has 1 N–H and O–H groups in total. The van der Waals surface area contributed by atoms with Crippen LogP contribution < -0.4 is 0 Å². The number of likely N-dealkylation sites (N-methyl/N-ethyl adjacent to an activating group) is 1. The second kappa shape index (κ2) is 4.55. The van der Waals surface area contributed by atoms with Gasteiger partial charge in [-0.25, -0.2) is 4.79 Å². The minimum atomic E-state index is -0.910. The maximum Gasteiger partial charge on any atom is 0.335 e. The van der Waals surface area contributed by atoms with E-state index in [1.807, 2.05) is 18.8 Å². The molecule has 0 aliphatic carbocycles. The molecule has 2 aromatic rings. The van der Waals surface area contributed by atoms with Crippen LogP contribution in [0.25, 0.3) is 10.9 Å². The molecule has 0 aliphatic heterocycles. The highest BCUT2D eigenvalue weighted by Crippen LogP contribution is 2.15. The highest BCUT2D eigenvalue weighted by molar-refractivity contribution is 5.93. The Morgan fingerprint density at radius 3 is 2.88 bits per heavy atom. The highest BCUT2D eigenvalue weighted by Gasteiger charge is 2.07. The molecule has 0 fully saturated rings. The van der Waals surface area contributed by atoms with Crippen LogP contribution in [-0.2, 0) is 6.54 Å². The van der Waals surface area contributed by atoms with E-state index in [9.17, 15) is 4.79 Å². The monoisotopic (exact) mass is 233 g/mol. The number of nitrogens with zero attached hydrogens (tertiary/aromatic N) is 3. The van der Waals surface area contributed by atoms with Gasteiger partial charge in [-0.1, -0.05) is 6.07 Å². The van der Waals surface area contributed by atoms with Gasteiger partial charge in [-0.15, -0.1) is 0 Å². The van der Waals surface area contributed by atoms with Crippen LogP contribution in [-0.4, -0.2) is 46.4 Å². The zero-order valence-corrected chi connectivity index (χ0v) is 9.92. The molecule has 0 aliphatic rings. The van der Waals surface area contributed by atoms with Gasteiger partial charge in [0.1, 0.15) is 0 Å². The molecule has 5 heteroatoms. The largest absolute Gasteiger partial charge is 0.478 e. The number of hydrogen-bond acceptors (Lipinski definition) is 3. The number of carboxylic acids is 1. The van der Waals surface area contributed by atoms with E-state index in [2.05, 4.69) is 10.00 Å². The average molecular weight is 233 g/mol. The first-order valence-electron chi connectivity index (χ1n) is 5.41. The van der Waals surface area contributed by atoms with Gasteiger partial charge >= 0.3 is 5.97 Å². The normalized spacial score (nSPS) is 11.2. The summed E-state index contributed by atoms with van der Waals surface area (Å²) in [5, 5.41) is 14.2. The molecule has 1 aromatic heterocycles. The summed E-state index contributed by atoms with van der Waals surface area (Å²) in [6.45, 7) is 1.62. The van der Waals surface area contributed by atoms with Crippen molar-refractivity contribution in [2.45, 2.75) is 6.54 Å². The fourth-order valence-corrected chi connectivity index (χ4v) is 1.68. The summed E-state index contributed by atoms with van der Waals surface area (Å²) in [5.74, 6) is -0.910. The molecule has 0 saturated heterocycles. The minimum absolute atomic E-state index is 0.295. The van der Waals surface area contributed by atoms with Gasteiger partial charge in [-0.2, -0.15) is 5.10 Å². The van der Waals surface area contributed by atoms with E-state index in [-0.39, 0.29) is 0 Å². The lowest BCUT2D eigenvalue weighted by atomic mass is 10.2. The molecule has 90 valence electrons. The summed E-state index contributed by atoms with van der Waals surface area (Å²) in [4.78, 5) is 13.0. The third-order valence-electron chi connectivity index (χ3n) is 2.65. The third kappa shape index (κ3) is 2.45. The maximum absolute atomic E-state index is 10.9. The van der Waals surface area contributed by atoms with Gasteiger partial charge in [-0.3, -0.25) is 4.68 Å². The lowest BCUT2D eigenvalue weighted by Gasteiger charge is -2.10. The zero-order chi connectivity index (χ0) is 12.4. The predicted octanol–water partition coefficient (Wildman–Crippen LogP) is 1.30. The maximum atomic E-state index is 10.9. The topological polar surface area (TPSA) is 58.4 Å². The SMILES string of the molecule is CN(C)CCn1ncc2ccc(C(=O)O)cc21. The predicted molar refractivity (Wildman–Crippen MR) is 65.2 cm³/mol. The van der Waals surface area contributed by atoms with Crippen molar-refractivity contribution >= 4 is 16.9 Å². The fourth-order valence-electron chi connectivity index (χ4n) is 1.68. The van der Waals surface area contributed by atoms with Crippen LogP contribution in [0.1, 0.15) is 10.4 Å². The van der Waals surface area contributed by atoms with Gasteiger partial charge < -0.3 is 10.0 Å². The number of carbonyl (C=O) groups is 1. The van der Waals surface area contributed by atoms with Crippen molar-refractivity contribution < 1.29 is 9.90 Å². The Morgan fingerprint density at radius 1 is 1.47 bits per heavy atom. The fraction of sp³-hybridized carbons (Fsp3) is 0.333. The Kier molecular flexibility index (Phi) is 3.10. The van der Waals surface area contributed by atoms with E-state index in [1.165, 1.54) is 0 Å². The number of rotatable bonds is 4. The van der Waals surface area contributed by atoms with Crippen LogP contribution >= 0.6 is 0 Å². The van der Waals surface area contributed by atoms with E-state index >= 15 is 0 Å². The highest BCUT2D eigenvalue weighted by atomic mass is 16.4. The zero-order valence-electron chi connectivity index (χ0n) is 9.92. The lowest BCUT2D eigenvalue weighted by molar-refractivity contribution is 0.0697. The van der Waals surface area contributed by atoms with Crippen molar-refractivity contribution in [1.82, 2.24) is 14.7 Å². The van der Waals surface area contributed by atoms with Gasteiger partial charge in [0.25, 0.3) is 0 Å². The third-order valence-corrected chi connectivity index (χ3v) is 2.65. The molecular formula is C12H15N3O2. The first-order valence-corrected chi connectivity index (χ1v) is 5.41. The summed E-state index contributed by atoms with van der Waals surface area (Å²) in [6, 6.07) is 5.06. The standard InChI is InChI=1S/C12H15N3O2/c1-14(2)5-6-15-11-7-9(12(16)17)3-4-10(11)8-13-15/h3-4,7-8H,5-6H2,1-2H3,(H,16,17). The van der Waals surface area contributed by atoms with Gasteiger partial charge in [0.05, 0.1) is 23.8 Å². The first-order chi connectivity index (χ1) is 8.08. The van der Waals surface area contributed by atoms with E-state index in [1.54, 1.807) is 24.4 Å². The molecule has 0 atom stereocenters. The van der Waals surface area contributed by atoms with Crippen LogP contribution in [0.3, 0.4) is 0 Å². The van der Waals surface area contributed by atoms with E-state index in [0.29, 0.717) is 5.56 Å². The number of benzene rings is 1. The molecule has 0 radical (unpaired) electrons. The Hall–Kier alpha value is -1.88. The van der Waals surface area contributed by atoms with Crippen molar-refractivity contribution in [3.63, 3.8) is 0 Å². The Balaban J connectivity index is 2.36. The molecule has 0 unspecified atom stereocenters. The summed E-state index contributed by atoms with van der Waals surface area (Å²) in [7, 11) is 3.99. The van der Waals surface area contributed by atoms with Gasteiger partial charge in [0.15, 0.2) is 0 Å². The lowest BCUT2D eigenvalue weighted by Crippen LogP contribution is -2.18. The molecule has 1 heterocycles. The Labute approximate surface area is 99.3 Å². The summed E-state index contributed by atoms with van der Waals surface area (Å²) in [6.07, 6.45) is 1.76. The van der Waals surface area contributed by atoms with Crippen LogP contribution in [0, 0.1) is 0 Å². The molecule has 5 nitrogen and oxygen atoms in total. The number of hydrogen-bond donors (Lipinski definition) is 1. The Bertz CT molecular complexity index is 546. The number of fused-ring (bicyclic) bond motifs is 1. The molecule has 2 rings (SSSR count). The molecular weight excluding hydrogens is 218 g/mol. The quantitative estimate of drug-likeness (QED) is 0.864. The van der Waals surface area contributed by atoms with Gasteiger partial charge in [0.2, 0.25) is 0 Å². The van der Waals surface area contributed by atoms with Crippen LogP contribution in [0.2, 0.25) is 0 Å². The van der Waals surface area contributed by atoms with Gasteiger partial charge in [0, 0.05) is 11.9 Å². The van der Waals surface area contributed by atoms with E-state index in [4.69, 9.17) is 5.11 Å². The first kappa shape index (κ1) is 11.6. The molecule has 0 saturated carbocycles. The van der Waals surface area contributed by atoms with E-state index < -0.39 is 5.97 Å². The Morgan fingerprint density at radius 2 is 2.24 bits per heavy atom. The summed E-state index contributed by atoms with van der Waals surface area (Å²) >= 11 is 0. The average Bonchev–Trinajstić information content (AvgIpc) is 2.68. The number of carboxylic acid groups (broad SMARTS) is 1. The minimum Gasteiger partial charge on any atom is -0.478 e. The van der Waals surface area contributed by atoms with Crippen molar-refractivity contribution in [3.05, 3.63) is 30.0 Å². The van der Waals surface area contributed by atoms with Crippen LogP contribution in [0.15, 0.2) is 24.4 Å². The van der Waals surface area contributed by atoms with Crippen LogP contribution in [0.5, 0.6) is 0 Å². The number of aromatic nitrogens is 2.